The van der Waals surface area contributed by atoms with Crippen LogP contribution in [-0.2, 0) is 16.4 Å². The normalized spacial score (nSPS) is 11.4. The van der Waals surface area contributed by atoms with Crippen LogP contribution in [0.3, 0.4) is 0 Å². The van der Waals surface area contributed by atoms with Crippen LogP contribution in [0.15, 0.2) is 71.8 Å². The zero-order chi connectivity index (χ0) is 23.6. The third-order valence-electron chi connectivity index (χ3n) is 4.93. The lowest BCUT2D eigenvalue weighted by molar-refractivity contribution is -0.384. The Hall–Kier alpha value is -3.70. The van der Waals surface area contributed by atoms with Gasteiger partial charge in [-0.3, -0.25) is 24.8 Å². The van der Waals surface area contributed by atoms with Crippen molar-refractivity contribution in [3.8, 4) is 0 Å². The highest BCUT2D eigenvalue weighted by Gasteiger charge is 2.28. The number of carbonyl (C=O) groups excluding carboxylic acids is 1. The number of benzene rings is 2. The first-order valence-electron chi connectivity index (χ1n) is 9.88. The monoisotopic (exact) mass is 482 g/mol. The van der Waals surface area contributed by atoms with E-state index >= 15 is 0 Å². The SMILES string of the molecule is CCS(=O)(=O)c1ccccc1C(=O)N(Cc1ccccn1)c1nc2ccc([N+](=O)[O-])cc2s1. The Labute approximate surface area is 193 Å². The van der Waals surface area contributed by atoms with Gasteiger partial charge in [-0.25, -0.2) is 13.4 Å². The van der Waals surface area contributed by atoms with E-state index in [4.69, 9.17) is 0 Å². The Balaban J connectivity index is 1.84. The standard InChI is InChI=1S/C22H18N4O5S2/c1-2-33(30,31)20-9-4-3-8-17(20)21(27)25(14-15-7-5-6-12-23-15)22-24-18-11-10-16(26(28)29)13-19(18)32-22/h3-13H,2,14H2,1H3. The molecule has 2 aromatic heterocycles. The summed E-state index contributed by atoms with van der Waals surface area (Å²) in [7, 11) is -3.66. The summed E-state index contributed by atoms with van der Waals surface area (Å²) in [6.45, 7) is 1.56. The number of amides is 1. The number of nitro groups is 1. The van der Waals surface area contributed by atoms with Crippen molar-refractivity contribution in [1.29, 1.82) is 0 Å². The number of pyridine rings is 1. The minimum Gasteiger partial charge on any atom is -0.278 e. The lowest BCUT2D eigenvalue weighted by Crippen LogP contribution is -2.32. The van der Waals surface area contributed by atoms with Crippen LogP contribution in [0.2, 0.25) is 0 Å². The molecular formula is C22H18N4O5S2. The highest BCUT2D eigenvalue weighted by Crippen LogP contribution is 2.33. The van der Waals surface area contributed by atoms with Crippen molar-refractivity contribution in [3.05, 3.63) is 88.2 Å². The molecule has 9 nitrogen and oxygen atoms in total. The predicted molar refractivity (Wildman–Crippen MR) is 125 cm³/mol. The summed E-state index contributed by atoms with van der Waals surface area (Å²) in [4.78, 5) is 34.4. The van der Waals surface area contributed by atoms with Crippen molar-refractivity contribution in [2.75, 3.05) is 10.7 Å². The van der Waals surface area contributed by atoms with Crippen LogP contribution in [0.25, 0.3) is 10.2 Å². The average molecular weight is 483 g/mol. The number of carbonyl (C=O) groups is 1. The first-order chi connectivity index (χ1) is 15.8. The zero-order valence-electron chi connectivity index (χ0n) is 17.4. The molecule has 2 aromatic carbocycles. The van der Waals surface area contributed by atoms with Crippen LogP contribution in [-0.4, -0.2) is 35.0 Å². The summed E-state index contributed by atoms with van der Waals surface area (Å²) < 4.78 is 25.8. The molecule has 33 heavy (non-hydrogen) atoms. The lowest BCUT2D eigenvalue weighted by Gasteiger charge is -2.21. The number of fused-ring (bicyclic) bond motifs is 1. The number of non-ortho nitro benzene ring substituents is 1. The maximum atomic E-state index is 13.7. The molecule has 0 aliphatic carbocycles. The van der Waals surface area contributed by atoms with Gasteiger partial charge in [-0.15, -0.1) is 0 Å². The third kappa shape index (κ3) is 4.59. The average Bonchev–Trinajstić information content (AvgIpc) is 3.26. The second-order valence-corrected chi connectivity index (χ2v) is 10.3. The number of nitro benzene ring substituents is 1. The number of hydrogen-bond acceptors (Lipinski definition) is 8. The quantitative estimate of drug-likeness (QED) is 0.285. The number of thiazole rings is 1. The van der Waals surface area contributed by atoms with Crippen molar-refractivity contribution in [3.63, 3.8) is 0 Å². The summed E-state index contributed by atoms with van der Waals surface area (Å²) >= 11 is 1.11. The van der Waals surface area contributed by atoms with Crippen molar-refractivity contribution < 1.29 is 18.1 Å². The molecule has 0 aliphatic heterocycles. The van der Waals surface area contributed by atoms with Crippen LogP contribution in [0.5, 0.6) is 0 Å². The van der Waals surface area contributed by atoms with Gasteiger partial charge in [0, 0.05) is 18.3 Å². The fourth-order valence-corrected chi connectivity index (χ4v) is 5.31. The number of anilines is 1. The van der Waals surface area contributed by atoms with E-state index in [9.17, 15) is 23.3 Å². The molecule has 2 heterocycles. The highest BCUT2D eigenvalue weighted by atomic mass is 32.2. The number of rotatable bonds is 7. The van der Waals surface area contributed by atoms with Gasteiger partial charge in [-0.05, 0) is 30.3 Å². The number of aromatic nitrogens is 2. The minimum atomic E-state index is -3.66. The fraction of sp³-hybridized carbons (Fsp3) is 0.136. The second kappa shape index (κ2) is 9.04. The molecule has 0 N–H and O–H groups in total. The van der Waals surface area contributed by atoms with Gasteiger partial charge in [0.2, 0.25) is 0 Å². The highest BCUT2D eigenvalue weighted by molar-refractivity contribution is 7.91. The van der Waals surface area contributed by atoms with E-state index in [2.05, 4.69) is 9.97 Å². The predicted octanol–water partition coefficient (Wildman–Crippen LogP) is 4.24. The van der Waals surface area contributed by atoms with Gasteiger partial charge < -0.3 is 0 Å². The Morgan fingerprint density at radius 2 is 1.88 bits per heavy atom. The van der Waals surface area contributed by atoms with Crippen molar-refractivity contribution >= 4 is 48.1 Å². The zero-order valence-corrected chi connectivity index (χ0v) is 19.0. The second-order valence-electron chi connectivity index (χ2n) is 7.02. The van der Waals surface area contributed by atoms with Gasteiger partial charge in [-0.2, -0.15) is 0 Å². The van der Waals surface area contributed by atoms with Crippen LogP contribution in [0.1, 0.15) is 23.0 Å². The van der Waals surface area contributed by atoms with Crippen molar-refractivity contribution in [2.24, 2.45) is 0 Å². The molecule has 4 rings (SSSR count). The van der Waals surface area contributed by atoms with Gasteiger partial charge in [-0.1, -0.05) is 36.5 Å². The van der Waals surface area contributed by atoms with Gasteiger partial charge in [0.15, 0.2) is 15.0 Å². The Bertz CT molecular complexity index is 1450. The molecule has 0 saturated carbocycles. The van der Waals surface area contributed by atoms with Crippen LogP contribution >= 0.6 is 11.3 Å². The Morgan fingerprint density at radius 3 is 2.58 bits per heavy atom. The van der Waals surface area contributed by atoms with Crippen LogP contribution in [0.4, 0.5) is 10.8 Å². The Morgan fingerprint density at radius 1 is 1.12 bits per heavy atom. The van der Waals surface area contributed by atoms with E-state index in [1.807, 2.05) is 0 Å². The molecule has 0 atom stereocenters. The summed E-state index contributed by atoms with van der Waals surface area (Å²) in [5.74, 6) is -0.704. The summed E-state index contributed by atoms with van der Waals surface area (Å²) in [6.07, 6.45) is 1.59. The van der Waals surface area contributed by atoms with E-state index in [-0.39, 0.29) is 33.6 Å². The van der Waals surface area contributed by atoms with Gasteiger partial charge >= 0.3 is 0 Å². The first-order valence-corrected chi connectivity index (χ1v) is 12.4. The number of sulfone groups is 1. The molecule has 0 bridgehead atoms. The molecule has 0 unspecified atom stereocenters. The molecule has 0 spiro atoms. The summed E-state index contributed by atoms with van der Waals surface area (Å²) in [5.41, 5.74) is 1.01. The molecule has 0 aliphatic rings. The number of nitrogens with zero attached hydrogens (tertiary/aromatic N) is 4. The van der Waals surface area contributed by atoms with Gasteiger partial charge in [0.25, 0.3) is 11.6 Å². The Kier molecular flexibility index (Phi) is 6.16. The fourth-order valence-electron chi connectivity index (χ4n) is 3.23. The van der Waals surface area contributed by atoms with E-state index < -0.39 is 20.7 Å². The first kappa shape index (κ1) is 22.5. The topological polar surface area (TPSA) is 123 Å². The molecule has 4 aromatic rings. The van der Waals surface area contributed by atoms with Crippen LogP contribution in [0, 0.1) is 10.1 Å². The van der Waals surface area contributed by atoms with E-state index in [1.165, 1.54) is 42.2 Å². The molecule has 0 fully saturated rings. The minimum absolute atomic E-state index is 0.0283. The number of hydrogen-bond donors (Lipinski definition) is 0. The van der Waals surface area contributed by atoms with Crippen LogP contribution < -0.4 is 4.90 Å². The van der Waals surface area contributed by atoms with E-state index in [0.717, 1.165) is 11.3 Å². The molecule has 168 valence electrons. The molecular weight excluding hydrogens is 464 g/mol. The molecule has 0 saturated heterocycles. The van der Waals surface area contributed by atoms with E-state index in [1.54, 1.807) is 36.5 Å². The third-order valence-corrected chi connectivity index (χ3v) is 7.75. The molecule has 0 radical (unpaired) electrons. The van der Waals surface area contributed by atoms with Crippen molar-refractivity contribution in [1.82, 2.24) is 9.97 Å². The van der Waals surface area contributed by atoms with E-state index in [0.29, 0.717) is 15.9 Å². The largest absolute Gasteiger partial charge is 0.278 e. The van der Waals surface area contributed by atoms with Crippen molar-refractivity contribution in [2.45, 2.75) is 18.4 Å². The maximum Gasteiger partial charge on any atom is 0.270 e. The summed E-state index contributed by atoms with van der Waals surface area (Å²) in [6, 6.07) is 15.6. The van der Waals surface area contributed by atoms with Gasteiger partial charge in [0.1, 0.15) is 0 Å². The maximum absolute atomic E-state index is 13.7. The van der Waals surface area contributed by atoms with Gasteiger partial charge in [0.05, 0.1) is 43.6 Å². The molecule has 11 heteroatoms. The summed E-state index contributed by atoms with van der Waals surface area (Å²) in [5, 5.41) is 11.4. The lowest BCUT2D eigenvalue weighted by atomic mass is 10.2. The molecule has 1 amide bonds. The smallest absolute Gasteiger partial charge is 0.270 e.